The molecule has 0 spiro atoms. The van der Waals surface area contributed by atoms with Gasteiger partial charge in [-0.25, -0.2) is 0 Å². The van der Waals surface area contributed by atoms with Crippen LogP contribution in [0.2, 0.25) is 0 Å². The monoisotopic (exact) mass is 357 g/mol. The lowest BCUT2D eigenvalue weighted by Crippen LogP contribution is -2.44. The predicted octanol–water partition coefficient (Wildman–Crippen LogP) is 2.34. The fourth-order valence-electron chi connectivity index (χ4n) is 3.85. The number of carbonyl (C=O) groups is 3. The number of methoxy groups -OCH3 is 1. The van der Waals surface area contributed by atoms with Gasteiger partial charge in [0.05, 0.1) is 13.7 Å². The van der Waals surface area contributed by atoms with E-state index in [1.807, 2.05) is 38.1 Å². The molecule has 0 aromatic heterocycles. The van der Waals surface area contributed by atoms with Gasteiger partial charge in [0.1, 0.15) is 11.7 Å². The first-order chi connectivity index (χ1) is 12.5. The average molecular weight is 357 g/mol. The molecule has 0 fully saturated rings. The fourth-order valence-corrected chi connectivity index (χ4v) is 3.85. The lowest BCUT2D eigenvalue weighted by atomic mass is 9.70. The molecule has 1 heterocycles. The van der Waals surface area contributed by atoms with Crippen molar-refractivity contribution in [1.29, 1.82) is 0 Å². The maximum absolute atomic E-state index is 13.1. The van der Waals surface area contributed by atoms with Crippen LogP contribution in [0.4, 0.5) is 0 Å². The Labute approximate surface area is 152 Å². The summed E-state index contributed by atoms with van der Waals surface area (Å²) < 4.78 is 10.3. The van der Waals surface area contributed by atoms with Gasteiger partial charge in [-0.2, -0.15) is 0 Å². The molecule has 138 valence electrons. The number of ketones is 1. The predicted molar refractivity (Wildman–Crippen MR) is 94.4 cm³/mol. The number of Topliss-reactive ketones (excluding diaryl/α,β-unsaturated/α-hetero) is 1. The molecule has 3 unspecified atom stereocenters. The topological polar surface area (TPSA) is 81.7 Å². The SMILES string of the molecule is CCOc1ccc(C2CC(=O)NC3=C2C(=O)C(C(=O)OC)C(C)C3)cc1. The number of rotatable bonds is 4. The van der Waals surface area contributed by atoms with Crippen molar-refractivity contribution in [3.8, 4) is 5.75 Å². The van der Waals surface area contributed by atoms with E-state index < -0.39 is 11.9 Å². The van der Waals surface area contributed by atoms with E-state index in [4.69, 9.17) is 9.47 Å². The summed E-state index contributed by atoms with van der Waals surface area (Å²) in [6.45, 7) is 4.30. The van der Waals surface area contributed by atoms with Crippen LogP contribution in [-0.2, 0) is 19.1 Å². The minimum atomic E-state index is -0.820. The Bertz CT molecular complexity index is 765. The van der Waals surface area contributed by atoms with E-state index in [1.165, 1.54) is 7.11 Å². The first-order valence-electron chi connectivity index (χ1n) is 8.84. The van der Waals surface area contributed by atoms with E-state index in [9.17, 15) is 14.4 Å². The number of hydrogen-bond donors (Lipinski definition) is 1. The van der Waals surface area contributed by atoms with Gasteiger partial charge < -0.3 is 14.8 Å². The highest BCUT2D eigenvalue weighted by Crippen LogP contribution is 2.42. The largest absolute Gasteiger partial charge is 0.494 e. The standard InChI is InChI=1S/C20H23NO5/c1-4-26-13-7-5-12(6-8-13)14-10-16(22)21-15-9-11(2)17(20(24)25-3)19(23)18(14)15/h5-8,11,14,17H,4,9-10H2,1-3H3,(H,21,22). The van der Waals surface area contributed by atoms with Gasteiger partial charge in [0, 0.05) is 23.6 Å². The fraction of sp³-hybridized carbons (Fsp3) is 0.450. The zero-order valence-corrected chi connectivity index (χ0v) is 15.2. The van der Waals surface area contributed by atoms with Gasteiger partial charge in [-0.05, 0) is 37.0 Å². The van der Waals surface area contributed by atoms with E-state index in [0.717, 1.165) is 11.3 Å². The minimum absolute atomic E-state index is 0.112. The second-order valence-electron chi connectivity index (χ2n) is 6.75. The number of amides is 1. The number of carbonyl (C=O) groups excluding carboxylic acids is 3. The third-order valence-electron chi connectivity index (χ3n) is 5.05. The maximum Gasteiger partial charge on any atom is 0.316 e. The van der Waals surface area contributed by atoms with E-state index in [-0.39, 0.29) is 29.9 Å². The normalized spacial score (nSPS) is 25.4. The van der Waals surface area contributed by atoms with E-state index in [0.29, 0.717) is 24.3 Å². The number of hydrogen-bond acceptors (Lipinski definition) is 5. The van der Waals surface area contributed by atoms with Crippen molar-refractivity contribution in [2.75, 3.05) is 13.7 Å². The van der Waals surface area contributed by atoms with E-state index >= 15 is 0 Å². The Morgan fingerprint density at radius 3 is 2.50 bits per heavy atom. The molecule has 2 aliphatic rings. The van der Waals surface area contributed by atoms with Crippen molar-refractivity contribution in [2.24, 2.45) is 11.8 Å². The van der Waals surface area contributed by atoms with Crippen LogP contribution in [0, 0.1) is 11.8 Å². The third kappa shape index (κ3) is 3.23. The summed E-state index contributed by atoms with van der Waals surface area (Å²) in [5.41, 5.74) is 2.03. The van der Waals surface area contributed by atoms with Crippen LogP contribution in [-0.4, -0.2) is 31.4 Å². The summed E-state index contributed by atoms with van der Waals surface area (Å²) in [5.74, 6) is -1.53. The summed E-state index contributed by atoms with van der Waals surface area (Å²) in [7, 11) is 1.29. The van der Waals surface area contributed by atoms with Gasteiger partial charge >= 0.3 is 5.97 Å². The summed E-state index contributed by atoms with van der Waals surface area (Å²) >= 11 is 0. The zero-order chi connectivity index (χ0) is 18.8. The van der Waals surface area contributed by atoms with Gasteiger partial charge in [0.2, 0.25) is 5.91 Å². The van der Waals surface area contributed by atoms with Crippen molar-refractivity contribution >= 4 is 17.7 Å². The molecule has 1 N–H and O–H groups in total. The van der Waals surface area contributed by atoms with Crippen molar-refractivity contribution in [2.45, 2.75) is 32.6 Å². The molecule has 1 aliphatic carbocycles. The molecule has 1 aromatic rings. The highest BCUT2D eigenvalue weighted by Gasteiger charge is 2.45. The Balaban J connectivity index is 2.00. The Hall–Kier alpha value is -2.63. The molecule has 6 heteroatoms. The second kappa shape index (κ2) is 7.32. The first kappa shape index (κ1) is 18.2. The molecule has 1 aliphatic heterocycles. The smallest absolute Gasteiger partial charge is 0.316 e. The molecule has 0 bridgehead atoms. The average Bonchev–Trinajstić information content (AvgIpc) is 2.61. The highest BCUT2D eigenvalue weighted by molar-refractivity contribution is 6.11. The van der Waals surface area contributed by atoms with Gasteiger partial charge in [-0.1, -0.05) is 19.1 Å². The molecule has 3 rings (SSSR count). The summed E-state index contributed by atoms with van der Waals surface area (Å²) in [6, 6.07) is 7.41. The number of benzene rings is 1. The lowest BCUT2D eigenvalue weighted by Gasteiger charge is -2.36. The molecule has 1 aromatic carbocycles. The van der Waals surface area contributed by atoms with E-state index in [1.54, 1.807) is 0 Å². The van der Waals surface area contributed by atoms with Crippen LogP contribution in [0.1, 0.15) is 38.2 Å². The Kier molecular flexibility index (Phi) is 5.11. The number of ether oxygens (including phenoxy) is 2. The quantitative estimate of drug-likeness (QED) is 0.661. The van der Waals surface area contributed by atoms with Crippen LogP contribution in [0.15, 0.2) is 35.5 Å². The summed E-state index contributed by atoms with van der Waals surface area (Å²) in [4.78, 5) is 37.4. The second-order valence-corrected chi connectivity index (χ2v) is 6.75. The lowest BCUT2D eigenvalue weighted by molar-refractivity contribution is -0.151. The Morgan fingerprint density at radius 1 is 1.19 bits per heavy atom. The molecular formula is C20H23NO5. The first-order valence-corrected chi connectivity index (χ1v) is 8.84. The van der Waals surface area contributed by atoms with E-state index in [2.05, 4.69) is 5.32 Å². The maximum atomic E-state index is 13.1. The molecular weight excluding hydrogens is 334 g/mol. The van der Waals surface area contributed by atoms with Gasteiger partial charge in [0.15, 0.2) is 5.78 Å². The molecule has 0 saturated heterocycles. The number of esters is 1. The van der Waals surface area contributed by atoms with Gasteiger partial charge in [-0.15, -0.1) is 0 Å². The summed E-state index contributed by atoms with van der Waals surface area (Å²) in [6.07, 6.45) is 0.654. The number of allylic oxidation sites excluding steroid dienone is 2. The van der Waals surface area contributed by atoms with Crippen molar-refractivity contribution in [3.63, 3.8) is 0 Å². The van der Waals surface area contributed by atoms with Crippen LogP contribution in [0.3, 0.4) is 0 Å². The molecule has 26 heavy (non-hydrogen) atoms. The molecule has 0 radical (unpaired) electrons. The zero-order valence-electron chi connectivity index (χ0n) is 15.2. The van der Waals surface area contributed by atoms with Crippen LogP contribution in [0.25, 0.3) is 0 Å². The van der Waals surface area contributed by atoms with Crippen LogP contribution < -0.4 is 10.1 Å². The molecule has 1 amide bonds. The Morgan fingerprint density at radius 2 is 1.88 bits per heavy atom. The number of nitrogens with one attached hydrogen (secondary N) is 1. The molecule has 6 nitrogen and oxygen atoms in total. The van der Waals surface area contributed by atoms with Crippen LogP contribution in [0.5, 0.6) is 5.75 Å². The molecule has 3 atom stereocenters. The highest BCUT2D eigenvalue weighted by atomic mass is 16.5. The minimum Gasteiger partial charge on any atom is -0.494 e. The molecule has 0 saturated carbocycles. The van der Waals surface area contributed by atoms with Gasteiger partial charge in [0.25, 0.3) is 0 Å². The van der Waals surface area contributed by atoms with Crippen molar-refractivity contribution in [1.82, 2.24) is 5.32 Å². The van der Waals surface area contributed by atoms with Crippen molar-refractivity contribution in [3.05, 3.63) is 41.1 Å². The third-order valence-corrected chi connectivity index (χ3v) is 5.05. The summed E-state index contributed by atoms with van der Waals surface area (Å²) in [5, 5.41) is 2.83. The van der Waals surface area contributed by atoms with Gasteiger partial charge in [-0.3, -0.25) is 14.4 Å². The van der Waals surface area contributed by atoms with Crippen molar-refractivity contribution < 1.29 is 23.9 Å². The van der Waals surface area contributed by atoms with Crippen LogP contribution >= 0.6 is 0 Å².